The first kappa shape index (κ1) is 26.2. The Morgan fingerprint density at radius 3 is 2.09 bits per heavy atom. The Balaban J connectivity index is 2.43. The molecule has 0 spiro atoms. The van der Waals surface area contributed by atoms with E-state index >= 15 is 0 Å². The largest absolute Gasteiger partial charge is 0.456 e. The molecule has 0 bridgehead atoms. The van der Waals surface area contributed by atoms with Gasteiger partial charge in [0.15, 0.2) is 0 Å². The average Bonchev–Trinajstić information content (AvgIpc) is 2.70. The van der Waals surface area contributed by atoms with Crippen molar-refractivity contribution < 1.29 is 28.8 Å². The summed E-state index contributed by atoms with van der Waals surface area (Å²) in [6, 6.07) is 10.6. The van der Waals surface area contributed by atoms with Crippen molar-refractivity contribution in [3.05, 3.63) is 70.3 Å². The molecule has 1 amide bonds. The standard InChI is InChI=1S/C25H28N2O7/c1-15(22(29)33-24(2,3)4)21(28)18-13-12-16(14-20(18)27(31)32)17-10-8-9-11-19(17)26-23(30)34-25(5,6)7/h8-14H,1H2,2-7H3,(H,26,30). The Hall–Kier alpha value is -4.01. The lowest BCUT2D eigenvalue weighted by molar-refractivity contribution is -0.385. The van der Waals surface area contributed by atoms with Gasteiger partial charge in [0, 0.05) is 11.6 Å². The topological polar surface area (TPSA) is 125 Å². The minimum atomic E-state index is -0.956. The van der Waals surface area contributed by atoms with Crippen molar-refractivity contribution in [1.29, 1.82) is 0 Å². The second-order valence-electron chi connectivity index (χ2n) is 9.47. The van der Waals surface area contributed by atoms with Gasteiger partial charge in [-0.15, -0.1) is 0 Å². The van der Waals surface area contributed by atoms with E-state index < -0.39 is 45.2 Å². The lowest BCUT2D eigenvalue weighted by atomic mass is 9.97. The molecule has 0 saturated carbocycles. The molecule has 9 nitrogen and oxygen atoms in total. The fourth-order valence-corrected chi connectivity index (χ4v) is 2.89. The lowest BCUT2D eigenvalue weighted by Gasteiger charge is -2.20. The highest BCUT2D eigenvalue weighted by Crippen LogP contribution is 2.33. The van der Waals surface area contributed by atoms with E-state index in [-0.39, 0.29) is 5.56 Å². The number of hydrogen-bond donors (Lipinski definition) is 1. The molecular formula is C25H28N2O7. The molecule has 34 heavy (non-hydrogen) atoms. The molecule has 0 radical (unpaired) electrons. The van der Waals surface area contributed by atoms with Crippen LogP contribution in [0.25, 0.3) is 11.1 Å². The number of nitro groups is 1. The van der Waals surface area contributed by atoms with Gasteiger partial charge in [-0.2, -0.15) is 0 Å². The third-order valence-corrected chi connectivity index (χ3v) is 4.23. The van der Waals surface area contributed by atoms with E-state index in [1.165, 1.54) is 18.2 Å². The Labute approximate surface area is 197 Å². The van der Waals surface area contributed by atoms with Gasteiger partial charge in [0.25, 0.3) is 5.69 Å². The molecule has 0 saturated heterocycles. The van der Waals surface area contributed by atoms with E-state index in [2.05, 4.69) is 11.9 Å². The van der Waals surface area contributed by atoms with Gasteiger partial charge < -0.3 is 9.47 Å². The number of anilines is 1. The number of amides is 1. The average molecular weight is 469 g/mol. The highest BCUT2D eigenvalue weighted by Gasteiger charge is 2.29. The van der Waals surface area contributed by atoms with Crippen LogP contribution in [0.5, 0.6) is 0 Å². The number of carbonyl (C=O) groups excluding carboxylic acids is 3. The zero-order valence-corrected chi connectivity index (χ0v) is 20.1. The Morgan fingerprint density at radius 2 is 1.53 bits per heavy atom. The molecule has 1 N–H and O–H groups in total. The summed E-state index contributed by atoms with van der Waals surface area (Å²) in [5, 5.41) is 14.4. The molecule has 0 aliphatic rings. The first-order chi connectivity index (χ1) is 15.6. The number of Topliss-reactive ketones (excluding diaryl/α,β-unsaturated/α-hetero) is 1. The summed E-state index contributed by atoms with van der Waals surface area (Å²) < 4.78 is 10.4. The van der Waals surface area contributed by atoms with E-state index in [1.807, 2.05) is 0 Å². The van der Waals surface area contributed by atoms with E-state index in [4.69, 9.17) is 9.47 Å². The smallest absolute Gasteiger partial charge is 0.412 e. The molecule has 0 heterocycles. The zero-order valence-electron chi connectivity index (χ0n) is 20.1. The highest BCUT2D eigenvalue weighted by molar-refractivity contribution is 6.25. The van der Waals surface area contributed by atoms with Crippen LogP contribution in [-0.4, -0.2) is 34.0 Å². The van der Waals surface area contributed by atoms with Crippen LogP contribution in [0.1, 0.15) is 51.9 Å². The van der Waals surface area contributed by atoms with Crippen molar-refractivity contribution in [1.82, 2.24) is 0 Å². The lowest BCUT2D eigenvalue weighted by Crippen LogP contribution is -2.27. The number of benzene rings is 2. The fourth-order valence-electron chi connectivity index (χ4n) is 2.89. The van der Waals surface area contributed by atoms with E-state index in [1.54, 1.807) is 65.8 Å². The van der Waals surface area contributed by atoms with Crippen molar-refractivity contribution in [2.75, 3.05) is 5.32 Å². The minimum absolute atomic E-state index is 0.304. The van der Waals surface area contributed by atoms with Crippen LogP contribution in [0, 0.1) is 10.1 Å². The molecule has 0 aliphatic carbocycles. The number of para-hydroxylation sites is 1. The molecule has 9 heteroatoms. The Morgan fingerprint density at radius 1 is 0.941 bits per heavy atom. The number of rotatable bonds is 6. The van der Waals surface area contributed by atoms with Crippen molar-refractivity contribution >= 4 is 29.2 Å². The van der Waals surface area contributed by atoms with Crippen LogP contribution in [0.15, 0.2) is 54.6 Å². The van der Waals surface area contributed by atoms with Crippen molar-refractivity contribution in [2.24, 2.45) is 0 Å². The molecule has 180 valence electrons. The summed E-state index contributed by atoms with van der Waals surface area (Å²) in [5.41, 5.74) is -1.70. The van der Waals surface area contributed by atoms with Crippen LogP contribution in [-0.2, 0) is 14.3 Å². The van der Waals surface area contributed by atoms with Crippen LogP contribution >= 0.6 is 0 Å². The number of hydrogen-bond acceptors (Lipinski definition) is 7. The second-order valence-corrected chi connectivity index (χ2v) is 9.47. The summed E-state index contributed by atoms with van der Waals surface area (Å²) >= 11 is 0. The van der Waals surface area contributed by atoms with Crippen molar-refractivity contribution in [2.45, 2.75) is 52.7 Å². The first-order valence-electron chi connectivity index (χ1n) is 10.4. The molecule has 2 aromatic carbocycles. The molecule has 2 rings (SSSR count). The maximum atomic E-state index is 12.8. The molecule has 0 aliphatic heterocycles. The molecule has 2 aromatic rings. The van der Waals surface area contributed by atoms with E-state index in [0.29, 0.717) is 16.8 Å². The van der Waals surface area contributed by atoms with E-state index in [0.717, 1.165) is 0 Å². The molecule has 0 aromatic heterocycles. The van der Waals surface area contributed by atoms with Crippen molar-refractivity contribution in [3.8, 4) is 11.1 Å². The minimum Gasteiger partial charge on any atom is -0.456 e. The van der Waals surface area contributed by atoms with Gasteiger partial charge in [-0.05, 0) is 59.2 Å². The SMILES string of the molecule is C=C(C(=O)OC(C)(C)C)C(=O)c1ccc(-c2ccccc2NC(=O)OC(C)(C)C)cc1[N+](=O)[O-]. The van der Waals surface area contributed by atoms with Crippen LogP contribution in [0.3, 0.4) is 0 Å². The second kappa shape index (κ2) is 9.86. The fraction of sp³-hybridized carbons (Fsp3) is 0.320. The van der Waals surface area contributed by atoms with Crippen LogP contribution in [0.2, 0.25) is 0 Å². The summed E-state index contributed by atoms with van der Waals surface area (Å²) in [7, 11) is 0. The number of ketones is 1. The van der Waals surface area contributed by atoms with Gasteiger partial charge in [-0.25, -0.2) is 9.59 Å². The summed E-state index contributed by atoms with van der Waals surface area (Å²) in [6.45, 7) is 13.5. The number of esters is 1. The van der Waals surface area contributed by atoms with Gasteiger partial charge in [0.1, 0.15) is 22.3 Å². The monoisotopic (exact) mass is 468 g/mol. The van der Waals surface area contributed by atoms with Gasteiger partial charge >= 0.3 is 12.1 Å². The Kier molecular flexibility index (Phi) is 7.61. The normalized spacial score (nSPS) is 11.4. The summed E-state index contributed by atoms with van der Waals surface area (Å²) in [4.78, 5) is 48.3. The maximum absolute atomic E-state index is 12.8. The van der Waals surface area contributed by atoms with Gasteiger partial charge in [-0.1, -0.05) is 30.8 Å². The molecule has 0 atom stereocenters. The predicted molar refractivity (Wildman–Crippen MR) is 128 cm³/mol. The number of nitrogens with one attached hydrogen (secondary N) is 1. The predicted octanol–water partition coefficient (Wildman–Crippen LogP) is 5.69. The summed E-state index contributed by atoms with van der Waals surface area (Å²) in [5.74, 6) is -1.87. The van der Waals surface area contributed by atoms with Gasteiger partial charge in [-0.3, -0.25) is 20.2 Å². The number of ether oxygens (including phenoxy) is 2. The third-order valence-electron chi connectivity index (χ3n) is 4.23. The van der Waals surface area contributed by atoms with Crippen LogP contribution < -0.4 is 5.32 Å². The number of nitro benzene ring substituents is 1. The number of nitrogens with zero attached hydrogens (tertiary/aromatic N) is 1. The molecule has 0 fully saturated rings. The third kappa shape index (κ3) is 6.99. The molecule has 0 unspecified atom stereocenters. The first-order valence-corrected chi connectivity index (χ1v) is 10.4. The Bertz CT molecular complexity index is 1150. The summed E-state index contributed by atoms with van der Waals surface area (Å²) in [6.07, 6.45) is -0.685. The zero-order chi connectivity index (χ0) is 25.8. The van der Waals surface area contributed by atoms with Crippen LogP contribution in [0.4, 0.5) is 16.2 Å². The number of carbonyl (C=O) groups is 3. The van der Waals surface area contributed by atoms with Crippen molar-refractivity contribution in [3.63, 3.8) is 0 Å². The quantitative estimate of drug-likeness (QED) is 0.110. The van der Waals surface area contributed by atoms with Gasteiger partial charge in [0.2, 0.25) is 5.78 Å². The molecular weight excluding hydrogens is 440 g/mol. The van der Waals surface area contributed by atoms with E-state index in [9.17, 15) is 24.5 Å². The maximum Gasteiger partial charge on any atom is 0.412 e. The highest BCUT2D eigenvalue weighted by atomic mass is 16.6. The van der Waals surface area contributed by atoms with Gasteiger partial charge in [0.05, 0.1) is 10.6 Å².